The van der Waals surface area contributed by atoms with Crippen molar-refractivity contribution in [3.05, 3.63) is 110 Å². The fraction of sp³-hybridized carbons (Fsp3) is 0.179. The molecule has 39 heavy (non-hydrogen) atoms. The molecule has 1 saturated heterocycles. The monoisotopic (exact) mass is 568 g/mol. The molecular formula is C28H19F3N2O4S2. The van der Waals surface area contributed by atoms with E-state index in [1.165, 1.54) is 12.1 Å². The number of ether oxygens (including phenoxy) is 1. The third kappa shape index (κ3) is 4.65. The maximum atomic E-state index is 13.7. The van der Waals surface area contributed by atoms with Gasteiger partial charge in [0.15, 0.2) is 0 Å². The van der Waals surface area contributed by atoms with Gasteiger partial charge in [-0.1, -0.05) is 71.6 Å². The molecule has 11 heteroatoms. The van der Waals surface area contributed by atoms with Gasteiger partial charge in [-0.05, 0) is 41.5 Å². The minimum absolute atomic E-state index is 0.130. The number of carbonyl (C=O) groups excluding carboxylic acids is 2. The molecule has 4 aromatic rings. The topological polar surface area (TPSA) is 79.5 Å². The van der Waals surface area contributed by atoms with Crippen LogP contribution in [0.25, 0.3) is 0 Å². The molecule has 6 rings (SSSR count). The number of H-pyrrole nitrogens is 1. The van der Waals surface area contributed by atoms with Crippen LogP contribution >= 0.6 is 23.1 Å². The number of anilines is 1. The average Bonchev–Trinajstić information content (AvgIpc) is 3.42. The van der Waals surface area contributed by atoms with Crippen LogP contribution in [0.1, 0.15) is 27.5 Å². The number of fused-ring (bicyclic) bond motifs is 2. The van der Waals surface area contributed by atoms with Gasteiger partial charge in [-0.2, -0.15) is 13.2 Å². The molecule has 6 nitrogen and oxygen atoms in total. The van der Waals surface area contributed by atoms with Crippen LogP contribution in [0.3, 0.4) is 0 Å². The highest BCUT2D eigenvalue weighted by Gasteiger charge is 2.56. The maximum Gasteiger partial charge on any atom is 0.416 e. The zero-order valence-corrected chi connectivity index (χ0v) is 21.6. The molecule has 3 atom stereocenters. The van der Waals surface area contributed by atoms with Gasteiger partial charge in [-0.25, -0.2) is 4.90 Å². The lowest BCUT2D eigenvalue weighted by molar-refractivity contribution is -0.137. The Morgan fingerprint density at radius 3 is 2.36 bits per heavy atom. The van der Waals surface area contributed by atoms with E-state index in [1.807, 2.05) is 30.3 Å². The van der Waals surface area contributed by atoms with Crippen LogP contribution in [-0.2, 0) is 22.4 Å². The molecule has 0 saturated carbocycles. The largest absolute Gasteiger partial charge is 0.489 e. The van der Waals surface area contributed by atoms with Crippen molar-refractivity contribution in [1.29, 1.82) is 0 Å². The number of aromatic nitrogens is 1. The van der Waals surface area contributed by atoms with Gasteiger partial charge in [0.05, 0.1) is 22.2 Å². The van der Waals surface area contributed by atoms with E-state index in [-0.39, 0.29) is 10.6 Å². The second-order valence-electron chi connectivity index (χ2n) is 9.15. The first-order valence-corrected chi connectivity index (χ1v) is 13.6. The summed E-state index contributed by atoms with van der Waals surface area (Å²) in [6, 6.07) is 20.9. The van der Waals surface area contributed by atoms with E-state index in [4.69, 9.17) is 4.74 Å². The minimum atomic E-state index is -4.63. The molecule has 198 valence electrons. The quantitative estimate of drug-likeness (QED) is 0.307. The van der Waals surface area contributed by atoms with Crippen molar-refractivity contribution in [1.82, 2.24) is 4.98 Å². The van der Waals surface area contributed by atoms with E-state index in [0.29, 0.717) is 27.8 Å². The Morgan fingerprint density at radius 1 is 0.897 bits per heavy atom. The SMILES string of the molecule is O=C1[C@H]2[C@H](c3ccc(OCc4ccccc4)cc3)c3sc(=O)[nH]c3S[C@H]2C(=O)N1c1cccc(C(F)(F)F)c1. The van der Waals surface area contributed by atoms with Crippen LogP contribution in [0.4, 0.5) is 18.9 Å². The van der Waals surface area contributed by atoms with E-state index >= 15 is 0 Å². The fourth-order valence-corrected chi connectivity index (χ4v) is 7.48. The highest BCUT2D eigenvalue weighted by Crippen LogP contribution is 2.53. The Labute approximate surface area is 228 Å². The summed E-state index contributed by atoms with van der Waals surface area (Å²) in [5.74, 6) is -2.14. The number of hydrogen-bond acceptors (Lipinski definition) is 6. The van der Waals surface area contributed by atoms with E-state index in [0.717, 1.165) is 45.7 Å². The van der Waals surface area contributed by atoms with Gasteiger partial charge in [-0.15, -0.1) is 0 Å². The summed E-state index contributed by atoms with van der Waals surface area (Å²) in [5, 5.41) is -0.406. The number of nitrogens with one attached hydrogen (secondary N) is 1. The molecular weight excluding hydrogens is 549 g/mol. The van der Waals surface area contributed by atoms with Crippen LogP contribution in [0.15, 0.2) is 88.7 Å². The van der Waals surface area contributed by atoms with Crippen LogP contribution in [0.2, 0.25) is 0 Å². The summed E-state index contributed by atoms with van der Waals surface area (Å²) in [7, 11) is 0. The predicted molar refractivity (Wildman–Crippen MR) is 141 cm³/mol. The van der Waals surface area contributed by atoms with Gasteiger partial charge >= 0.3 is 11.0 Å². The van der Waals surface area contributed by atoms with Gasteiger partial charge < -0.3 is 9.72 Å². The number of nitrogens with zero attached hydrogens (tertiary/aromatic N) is 1. The van der Waals surface area contributed by atoms with E-state index < -0.39 is 40.6 Å². The molecule has 0 radical (unpaired) electrons. The fourth-order valence-electron chi connectivity index (χ4n) is 4.96. The first-order valence-electron chi connectivity index (χ1n) is 11.9. The van der Waals surface area contributed by atoms with Gasteiger partial charge in [0.25, 0.3) is 0 Å². The summed E-state index contributed by atoms with van der Waals surface area (Å²) >= 11 is 2.04. The number of thiazole rings is 1. The second kappa shape index (κ2) is 9.73. The number of rotatable bonds is 5. The van der Waals surface area contributed by atoms with Gasteiger partial charge in [-0.3, -0.25) is 14.4 Å². The Morgan fingerprint density at radius 2 is 1.64 bits per heavy atom. The van der Waals surface area contributed by atoms with Gasteiger partial charge in [0, 0.05) is 10.8 Å². The molecule has 3 heterocycles. The lowest BCUT2D eigenvalue weighted by atomic mass is 9.83. The first kappa shape index (κ1) is 25.4. The Hall–Kier alpha value is -3.83. The number of aromatic amines is 1. The molecule has 2 aliphatic rings. The standard InChI is InChI=1S/C28H19F3N2O4S2/c29-28(30,31)17-7-4-8-18(13-17)33-25(34)21-20(22-24(32-27(36)39-22)38-23(21)26(33)35)16-9-11-19(12-10-16)37-14-15-5-2-1-3-6-15/h1-13,20-21,23H,14H2,(H,32,36)/t20-,21-,23+/m0/s1. The third-order valence-electron chi connectivity index (χ3n) is 6.74. The summed E-state index contributed by atoms with van der Waals surface area (Å²) in [6.45, 7) is 0.369. The second-order valence-corrected chi connectivity index (χ2v) is 11.3. The lowest BCUT2D eigenvalue weighted by Gasteiger charge is -2.29. The van der Waals surface area contributed by atoms with Crippen molar-refractivity contribution in [2.24, 2.45) is 5.92 Å². The molecule has 1 N–H and O–H groups in total. The van der Waals surface area contributed by atoms with Gasteiger partial charge in [0.2, 0.25) is 11.8 Å². The van der Waals surface area contributed by atoms with E-state index in [2.05, 4.69) is 4.98 Å². The van der Waals surface area contributed by atoms with Crippen LogP contribution in [0.5, 0.6) is 5.75 Å². The average molecular weight is 569 g/mol. The molecule has 3 aromatic carbocycles. The Kier molecular flexibility index (Phi) is 6.35. The third-order valence-corrected chi connectivity index (χ3v) is 9.14. The number of alkyl halides is 3. The zero-order valence-electron chi connectivity index (χ0n) is 20.0. The predicted octanol–water partition coefficient (Wildman–Crippen LogP) is 5.83. The number of carbonyl (C=O) groups is 2. The van der Waals surface area contributed by atoms with Crippen LogP contribution in [0, 0.1) is 5.92 Å². The zero-order chi connectivity index (χ0) is 27.3. The van der Waals surface area contributed by atoms with Gasteiger partial charge in [0.1, 0.15) is 17.6 Å². The maximum absolute atomic E-state index is 13.7. The van der Waals surface area contributed by atoms with Crippen molar-refractivity contribution >= 4 is 40.6 Å². The molecule has 0 aliphatic carbocycles. The van der Waals surface area contributed by atoms with E-state index in [1.54, 1.807) is 24.3 Å². The smallest absolute Gasteiger partial charge is 0.416 e. The van der Waals surface area contributed by atoms with Crippen molar-refractivity contribution in [3.63, 3.8) is 0 Å². The summed E-state index contributed by atoms with van der Waals surface area (Å²) in [4.78, 5) is 43.4. The Bertz CT molecular complexity index is 1620. The number of hydrogen-bond donors (Lipinski definition) is 1. The normalized spacial score (nSPS) is 20.6. The summed E-state index contributed by atoms with van der Waals surface area (Å²) in [5.41, 5.74) is 0.616. The number of halogens is 3. The number of thioether (sulfide) groups is 1. The summed E-state index contributed by atoms with van der Waals surface area (Å²) < 4.78 is 45.9. The molecule has 1 fully saturated rings. The summed E-state index contributed by atoms with van der Waals surface area (Å²) in [6.07, 6.45) is -4.63. The van der Waals surface area contributed by atoms with Crippen molar-refractivity contribution in [2.45, 2.75) is 29.0 Å². The molecule has 0 bridgehead atoms. The van der Waals surface area contributed by atoms with Crippen LogP contribution in [-0.4, -0.2) is 22.0 Å². The minimum Gasteiger partial charge on any atom is -0.489 e. The number of imide groups is 1. The molecule has 1 aromatic heterocycles. The Balaban J connectivity index is 1.34. The van der Waals surface area contributed by atoms with Crippen molar-refractivity contribution < 1.29 is 27.5 Å². The number of benzene rings is 3. The molecule has 2 aliphatic heterocycles. The lowest BCUT2D eigenvalue weighted by Crippen LogP contribution is -2.32. The number of amides is 2. The highest BCUT2D eigenvalue weighted by atomic mass is 32.2. The van der Waals surface area contributed by atoms with Crippen molar-refractivity contribution in [3.8, 4) is 5.75 Å². The molecule has 0 spiro atoms. The highest BCUT2D eigenvalue weighted by molar-refractivity contribution is 8.00. The van der Waals surface area contributed by atoms with Crippen molar-refractivity contribution in [2.75, 3.05) is 4.90 Å². The molecule has 2 amide bonds. The first-order chi connectivity index (χ1) is 18.7. The molecule has 0 unspecified atom stereocenters. The van der Waals surface area contributed by atoms with Crippen LogP contribution < -0.4 is 14.5 Å². The van der Waals surface area contributed by atoms with E-state index in [9.17, 15) is 27.6 Å².